The van der Waals surface area contributed by atoms with Crippen molar-refractivity contribution in [3.05, 3.63) is 58.1 Å². The number of nitrogens with one attached hydrogen (secondary N) is 1. The van der Waals surface area contributed by atoms with Gasteiger partial charge in [-0.25, -0.2) is 4.98 Å². The minimum absolute atomic E-state index is 0.155. The minimum Gasteiger partial charge on any atom is -0.298 e. The summed E-state index contributed by atoms with van der Waals surface area (Å²) in [5.41, 5.74) is 3.62. The van der Waals surface area contributed by atoms with Crippen LogP contribution in [0, 0.1) is 13.8 Å². The van der Waals surface area contributed by atoms with Crippen LogP contribution in [0.25, 0.3) is 10.2 Å². The molecular formula is C16H13ClN2OS. The second-order valence-electron chi connectivity index (χ2n) is 4.91. The molecule has 1 heterocycles. The Morgan fingerprint density at radius 2 is 1.90 bits per heavy atom. The van der Waals surface area contributed by atoms with Crippen molar-refractivity contribution in [2.75, 3.05) is 5.32 Å². The molecule has 0 radical (unpaired) electrons. The lowest BCUT2D eigenvalue weighted by Crippen LogP contribution is -2.11. The first-order valence-corrected chi connectivity index (χ1v) is 7.67. The summed E-state index contributed by atoms with van der Waals surface area (Å²) in [7, 11) is 0. The summed E-state index contributed by atoms with van der Waals surface area (Å²) in [6.45, 7) is 3.95. The lowest BCUT2D eigenvalue weighted by atomic mass is 10.1. The van der Waals surface area contributed by atoms with E-state index in [4.69, 9.17) is 11.6 Å². The van der Waals surface area contributed by atoms with Crippen LogP contribution >= 0.6 is 22.9 Å². The molecule has 3 nitrogen and oxygen atoms in total. The molecule has 0 aliphatic heterocycles. The summed E-state index contributed by atoms with van der Waals surface area (Å²) >= 11 is 7.47. The third-order valence-electron chi connectivity index (χ3n) is 3.18. The highest BCUT2D eigenvalue weighted by molar-refractivity contribution is 7.22. The van der Waals surface area contributed by atoms with Crippen LogP contribution < -0.4 is 5.32 Å². The predicted octanol–water partition coefficient (Wildman–Crippen LogP) is 4.82. The van der Waals surface area contributed by atoms with E-state index in [2.05, 4.69) is 10.3 Å². The van der Waals surface area contributed by atoms with Crippen molar-refractivity contribution in [2.24, 2.45) is 0 Å². The lowest BCUT2D eigenvalue weighted by Gasteiger charge is -2.01. The molecule has 0 saturated carbocycles. The van der Waals surface area contributed by atoms with E-state index < -0.39 is 0 Å². The molecule has 0 saturated heterocycles. The first-order chi connectivity index (χ1) is 10.0. The molecule has 1 amide bonds. The minimum atomic E-state index is -0.155. The van der Waals surface area contributed by atoms with Gasteiger partial charge >= 0.3 is 0 Å². The van der Waals surface area contributed by atoms with Crippen LogP contribution in [-0.2, 0) is 0 Å². The first kappa shape index (κ1) is 14.0. The van der Waals surface area contributed by atoms with Crippen molar-refractivity contribution >= 4 is 44.2 Å². The van der Waals surface area contributed by atoms with Crippen molar-refractivity contribution in [1.29, 1.82) is 0 Å². The molecule has 0 aliphatic rings. The number of thiazole rings is 1. The standard InChI is InChI=1S/C16H13ClN2OS/c1-9-3-5-11(6-4-9)15(20)19-16-18-14-10(2)7-12(17)8-13(14)21-16/h3-8H,1-2H3,(H,18,19,20). The first-order valence-electron chi connectivity index (χ1n) is 6.47. The van der Waals surface area contributed by atoms with E-state index in [1.807, 2.05) is 38.1 Å². The quantitative estimate of drug-likeness (QED) is 0.736. The van der Waals surface area contributed by atoms with Crippen LogP contribution in [0.15, 0.2) is 36.4 Å². The third-order valence-corrected chi connectivity index (χ3v) is 4.32. The molecule has 0 spiro atoms. The Hall–Kier alpha value is -1.91. The van der Waals surface area contributed by atoms with Crippen LogP contribution in [0.4, 0.5) is 5.13 Å². The second kappa shape index (κ2) is 5.47. The largest absolute Gasteiger partial charge is 0.298 e. The van der Waals surface area contributed by atoms with Gasteiger partial charge in [0.15, 0.2) is 5.13 Å². The maximum atomic E-state index is 12.2. The number of aromatic nitrogens is 1. The average Bonchev–Trinajstić information content (AvgIpc) is 2.82. The molecular weight excluding hydrogens is 304 g/mol. The Labute approximate surface area is 131 Å². The van der Waals surface area contributed by atoms with Gasteiger partial charge < -0.3 is 0 Å². The molecule has 1 N–H and O–H groups in total. The number of hydrogen-bond donors (Lipinski definition) is 1. The van der Waals surface area contributed by atoms with Crippen molar-refractivity contribution in [3.8, 4) is 0 Å². The number of benzene rings is 2. The molecule has 0 unspecified atom stereocenters. The van der Waals surface area contributed by atoms with Crippen LogP contribution in [0.3, 0.4) is 0 Å². The fraction of sp³-hybridized carbons (Fsp3) is 0.125. The zero-order chi connectivity index (χ0) is 15.0. The molecule has 0 atom stereocenters. The van der Waals surface area contributed by atoms with Gasteiger partial charge in [-0.3, -0.25) is 10.1 Å². The highest BCUT2D eigenvalue weighted by atomic mass is 35.5. The van der Waals surface area contributed by atoms with Crippen LogP contribution in [-0.4, -0.2) is 10.9 Å². The Morgan fingerprint density at radius 1 is 1.19 bits per heavy atom. The maximum Gasteiger partial charge on any atom is 0.257 e. The molecule has 0 bridgehead atoms. The van der Waals surface area contributed by atoms with E-state index in [1.54, 1.807) is 12.1 Å². The maximum absolute atomic E-state index is 12.2. The number of fused-ring (bicyclic) bond motifs is 1. The van der Waals surface area contributed by atoms with Crippen molar-refractivity contribution in [2.45, 2.75) is 13.8 Å². The lowest BCUT2D eigenvalue weighted by molar-refractivity contribution is 0.102. The summed E-state index contributed by atoms with van der Waals surface area (Å²) in [6.07, 6.45) is 0. The Bertz CT molecular complexity index is 824. The van der Waals surface area contributed by atoms with Gasteiger partial charge in [0.1, 0.15) is 0 Å². The van der Waals surface area contributed by atoms with E-state index in [0.717, 1.165) is 21.3 Å². The predicted molar refractivity (Wildman–Crippen MR) is 88.5 cm³/mol. The van der Waals surface area contributed by atoms with Gasteiger partial charge in [-0.2, -0.15) is 0 Å². The highest BCUT2D eigenvalue weighted by Crippen LogP contribution is 2.31. The molecule has 0 aliphatic carbocycles. The number of carbonyl (C=O) groups is 1. The molecule has 2 aromatic carbocycles. The number of rotatable bonds is 2. The molecule has 5 heteroatoms. The van der Waals surface area contributed by atoms with Gasteiger partial charge in [-0.1, -0.05) is 40.6 Å². The summed E-state index contributed by atoms with van der Waals surface area (Å²) in [6, 6.07) is 11.2. The summed E-state index contributed by atoms with van der Waals surface area (Å²) in [4.78, 5) is 16.6. The van der Waals surface area contributed by atoms with Gasteiger partial charge in [0.25, 0.3) is 5.91 Å². The topological polar surface area (TPSA) is 42.0 Å². The SMILES string of the molecule is Cc1ccc(C(=O)Nc2nc3c(C)cc(Cl)cc3s2)cc1. The molecule has 21 heavy (non-hydrogen) atoms. The van der Waals surface area contributed by atoms with E-state index in [0.29, 0.717) is 15.7 Å². The van der Waals surface area contributed by atoms with E-state index >= 15 is 0 Å². The van der Waals surface area contributed by atoms with E-state index in [1.165, 1.54) is 11.3 Å². The molecule has 3 rings (SSSR count). The number of amides is 1. The summed E-state index contributed by atoms with van der Waals surface area (Å²) in [5, 5.41) is 4.10. The number of hydrogen-bond acceptors (Lipinski definition) is 3. The van der Waals surface area contributed by atoms with Crippen LogP contribution in [0.2, 0.25) is 5.02 Å². The molecule has 3 aromatic rings. The molecule has 106 valence electrons. The molecule has 0 fully saturated rings. The number of nitrogens with zero attached hydrogens (tertiary/aromatic N) is 1. The second-order valence-corrected chi connectivity index (χ2v) is 6.38. The Kier molecular flexibility index (Phi) is 3.66. The van der Waals surface area contributed by atoms with Crippen molar-refractivity contribution in [3.63, 3.8) is 0 Å². The summed E-state index contributed by atoms with van der Waals surface area (Å²) < 4.78 is 0.971. The van der Waals surface area contributed by atoms with Crippen molar-refractivity contribution in [1.82, 2.24) is 4.98 Å². The van der Waals surface area contributed by atoms with E-state index in [-0.39, 0.29) is 5.91 Å². The highest BCUT2D eigenvalue weighted by Gasteiger charge is 2.11. The van der Waals surface area contributed by atoms with Gasteiger partial charge in [-0.05, 0) is 43.7 Å². The van der Waals surface area contributed by atoms with Crippen LogP contribution in [0.1, 0.15) is 21.5 Å². The normalized spacial score (nSPS) is 10.8. The van der Waals surface area contributed by atoms with E-state index in [9.17, 15) is 4.79 Å². The summed E-state index contributed by atoms with van der Waals surface area (Å²) in [5.74, 6) is -0.155. The van der Waals surface area contributed by atoms with Crippen molar-refractivity contribution < 1.29 is 4.79 Å². The van der Waals surface area contributed by atoms with Gasteiger partial charge in [0.05, 0.1) is 10.2 Å². The molecule has 1 aromatic heterocycles. The van der Waals surface area contributed by atoms with Gasteiger partial charge in [0, 0.05) is 10.6 Å². The Balaban J connectivity index is 1.89. The number of halogens is 1. The van der Waals surface area contributed by atoms with Gasteiger partial charge in [0.2, 0.25) is 0 Å². The fourth-order valence-electron chi connectivity index (χ4n) is 2.08. The number of aryl methyl sites for hydroxylation is 2. The average molecular weight is 317 g/mol. The zero-order valence-electron chi connectivity index (χ0n) is 11.6. The van der Waals surface area contributed by atoms with Crippen LogP contribution in [0.5, 0.6) is 0 Å². The third kappa shape index (κ3) is 2.91. The number of carbonyl (C=O) groups excluding carboxylic acids is 1. The van der Waals surface area contributed by atoms with Gasteiger partial charge in [-0.15, -0.1) is 0 Å². The Morgan fingerprint density at radius 3 is 2.62 bits per heavy atom. The monoisotopic (exact) mass is 316 g/mol. The zero-order valence-corrected chi connectivity index (χ0v) is 13.2. The fourth-order valence-corrected chi connectivity index (χ4v) is 3.40. The number of anilines is 1. The smallest absolute Gasteiger partial charge is 0.257 e.